The smallest absolute Gasteiger partial charge is 0.149 e. The van der Waals surface area contributed by atoms with Gasteiger partial charge in [-0.05, 0) is 115 Å². The Morgan fingerprint density at radius 1 is 0.403 bits per heavy atom. The number of hydrogen-bond acceptors (Lipinski definition) is 6. The topological polar surface area (TPSA) is 77.8 Å². The van der Waals surface area contributed by atoms with Crippen LogP contribution >= 0.6 is 45.2 Å². The highest BCUT2D eigenvalue weighted by Gasteiger charge is 2.55. The van der Waals surface area contributed by atoms with E-state index in [9.17, 15) is 0 Å². The van der Waals surface area contributed by atoms with E-state index < -0.39 is 10.8 Å². The van der Waals surface area contributed by atoms with Crippen LogP contribution in [0.4, 0.5) is 8.78 Å². The zero-order valence-electron chi connectivity index (χ0n) is 38.1. The Bertz CT molecular complexity index is 2080. The molecule has 0 saturated carbocycles. The van der Waals surface area contributed by atoms with Crippen molar-refractivity contribution in [3.63, 3.8) is 0 Å². The molecule has 0 spiro atoms. The first-order chi connectivity index (χ1) is 30.3. The summed E-state index contributed by atoms with van der Waals surface area (Å²) in [7, 11) is 0. The molecule has 338 valence electrons. The van der Waals surface area contributed by atoms with E-state index in [0.29, 0.717) is 55.4 Å². The first kappa shape index (κ1) is 47.7. The van der Waals surface area contributed by atoms with Gasteiger partial charge in [0, 0.05) is 51.4 Å². The summed E-state index contributed by atoms with van der Waals surface area (Å²) in [4.78, 5) is 0. The maximum absolute atomic E-state index is 19.2. The molecule has 0 amide bonds. The third-order valence-electron chi connectivity index (χ3n) is 14.7. The van der Waals surface area contributed by atoms with Gasteiger partial charge in [0.15, 0.2) is 0 Å². The molecule has 0 fully saturated rings. The monoisotopic (exact) mass is 1070 g/mol. The molecular formula is C52H70F2I2N4O2. The van der Waals surface area contributed by atoms with Crippen LogP contribution in [0.15, 0.2) is 21.4 Å². The molecule has 0 radical (unpaired) electrons. The molecule has 0 aliphatic heterocycles. The summed E-state index contributed by atoms with van der Waals surface area (Å²) in [6.45, 7) is 8.99. The average molecular weight is 1070 g/mol. The molecule has 0 unspecified atom stereocenters. The summed E-state index contributed by atoms with van der Waals surface area (Å²) < 4.78 is 51.2. The van der Waals surface area contributed by atoms with E-state index in [1.165, 1.54) is 77.0 Å². The van der Waals surface area contributed by atoms with Crippen molar-refractivity contribution in [1.29, 1.82) is 0 Å². The van der Waals surface area contributed by atoms with Crippen molar-refractivity contribution in [3.05, 3.63) is 53.2 Å². The van der Waals surface area contributed by atoms with E-state index in [-0.39, 0.29) is 11.6 Å². The average Bonchev–Trinajstić information content (AvgIpc) is 4.07. The van der Waals surface area contributed by atoms with E-state index in [1.807, 2.05) is 0 Å². The van der Waals surface area contributed by atoms with Gasteiger partial charge >= 0.3 is 0 Å². The van der Waals surface area contributed by atoms with Crippen LogP contribution in [0.2, 0.25) is 0 Å². The van der Waals surface area contributed by atoms with Crippen molar-refractivity contribution in [2.24, 2.45) is 0 Å². The van der Waals surface area contributed by atoms with Crippen molar-refractivity contribution in [3.8, 4) is 22.3 Å². The molecule has 0 saturated heterocycles. The van der Waals surface area contributed by atoms with Crippen LogP contribution in [-0.2, 0) is 10.8 Å². The van der Waals surface area contributed by atoms with E-state index in [1.54, 1.807) is 0 Å². The van der Waals surface area contributed by atoms with Gasteiger partial charge in [-0.1, -0.05) is 182 Å². The predicted octanol–water partition coefficient (Wildman–Crippen LogP) is 17.8. The second-order valence-corrected chi connectivity index (χ2v) is 21.2. The SMILES string of the molecule is CCCCCCCCC1(CCCCCCCC)c2cc(I)c3nonc3c2-c2c(F)c3c(c(F)c21)-c1c(cc(I)c2nonc12)C3(CCCCCCCC)CCCCCCCC. The fourth-order valence-corrected chi connectivity index (χ4v) is 12.8. The lowest BCUT2D eigenvalue weighted by atomic mass is 9.68. The Kier molecular flexibility index (Phi) is 17.2. The number of aromatic nitrogens is 4. The van der Waals surface area contributed by atoms with Crippen LogP contribution in [0.25, 0.3) is 44.3 Å². The number of nitrogens with zero attached hydrogens (tertiary/aromatic N) is 4. The Morgan fingerprint density at radius 2 is 0.677 bits per heavy atom. The van der Waals surface area contributed by atoms with Crippen molar-refractivity contribution in [1.82, 2.24) is 20.6 Å². The van der Waals surface area contributed by atoms with Crippen LogP contribution in [0.3, 0.4) is 0 Å². The highest BCUT2D eigenvalue weighted by atomic mass is 127. The number of hydrogen-bond donors (Lipinski definition) is 0. The zero-order valence-corrected chi connectivity index (χ0v) is 42.4. The lowest BCUT2D eigenvalue weighted by Gasteiger charge is -2.35. The highest BCUT2D eigenvalue weighted by molar-refractivity contribution is 14.1. The molecule has 10 heteroatoms. The lowest BCUT2D eigenvalue weighted by molar-refractivity contribution is 0.315. The summed E-state index contributed by atoms with van der Waals surface area (Å²) in [5, 5.41) is 17.7. The van der Waals surface area contributed by atoms with Gasteiger partial charge in [0.2, 0.25) is 0 Å². The summed E-state index contributed by atoms with van der Waals surface area (Å²) in [6, 6.07) is 4.35. The number of unbranched alkanes of at least 4 members (excludes halogenated alkanes) is 20. The molecule has 2 aliphatic rings. The van der Waals surface area contributed by atoms with Crippen LogP contribution in [-0.4, -0.2) is 20.6 Å². The lowest BCUT2D eigenvalue weighted by Crippen LogP contribution is -2.29. The molecule has 2 heterocycles. The number of benzene rings is 3. The molecule has 62 heavy (non-hydrogen) atoms. The third kappa shape index (κ3) is 9.27. The van der Waals surface area contributed by atoms with Gasteiger partial charge < -0.3 is 0 Å². The second kappa shape index (κ2) is 22.3. The van der Waals surface area contributed by atoms with Crippen LogP contribution in [0, 0.1) is 18.8 Å². The van der Waals surface area contributed by atoms with Crippen LogP contribution in [0.1, 0.15) is 230 Å². The quantitative estimate of drug-likeness (QED) is 0.0367. The summed E-state index contributed by atoms with van der Waals surface area (Å²) in [5.41, 5.74) is 6.07. The second-order valence-electron chi connectivity index (χ2n) is 18.8. The van der Waals surface area contributed by atoms with E-state index in [2.05, 4.69) is 106 Å². The minimum Gasteiger partial charge on any atom is -0.243 e. The predicted molar refractivity (Wildman–Crippen MR) is 267 cm³/mol. The fraction of sp³-hybridized carbons (Fsp3) is 0.654. The molecule has 0 N–H and O–H groups in total. The standard InChI is InChI=1S/C52H70F2I2N4O2/c1-5-9-13-17-21-25-29-51(30-26-22-18-14-10-6-2)35-33-37(55)47-49(59-61-57-47)39(35)41-43(51)45(53)42-40-36(34-38(56)48-50(40)60-62-58-48)52(44(42)46(41)54,31-27-23-19-15-11-7-3)32-28-24-20-16-12-8-4/h33-34H,5-32H2,1-4H3. The Labute approximate surface area is 396 Å². The largest absolute Gasteiger partial charge is 0.243 e. The summed E-state index contributed by atoms with van der Waals surface area (Å²) in [6.07, 6.45) is 30.0. The van der Waals surface area contributed by atoms with Crippen molar-refractivity contribution >= 4 is 67.2 Å². The summed E-state index contributed by atoms with van der Waals surface area (Å²) >= 11 is 4.66. The minimum absolute atomic E-state index is 0.288. The third-order valence-corrected chi connectivity index (χ3v) is 16.3. The van der Waals surface area contributed by atoms with Crippen molar-refractivity contribution in [2.45, 2.75) is 218 Å². The van der Waals surface area contributed by atoms with Gasteiger partial charge in [0.25, 0.3) is 0 Å². The molecule has 7 rings (SSSR count). The van der Waals surface area contributed by atoms with Gasteiger partial charge in [-0.15, -0.1) is 0 Å². The van der Waals surface area contributed by atoms with Gasteiger partial charge in [0.05, 0.1) is 0 Å². The maximum atomic E-state index is 19.2. The molecule has 3 aromatic carbocycles. The Balaban J connectivity index is 1.47. The van der Waals surface area contributed by atoms with Gasteiger partial charge in [-0.2, -0.15) is 0 Å². The van der Waals surface area contributed by atoms with E-state index >= 15 is 8.78 Å². The number of halogens is 4. The van der Waals surface area contributed by atoms with E-state index in [0.717, 1.165) is 121 Å². The van der Waals surface area contributed by atoms with Gasteiger partial charge in [-0.25, -0.2) is 18.0 Å². The van der Waals surface area contributed by atoms with Crippen molar-refractivity contribution in [2.75, 3.05) is 0 Å². The van der Waals surface area contributed by atoms with E-state index in [4.69, 9.17) is 9.26 Å². The highest BCUT2D eigenvalue weighted by Crippen LogP contribution is 2.65. The first-order valence-electron chi connectivity index (χ1n) is 24.8. The normalized spacial score (nSPS) is 14.6. The van der Waals surface area contributed by atoms with Crippen molar-refractivity contribution < 1.29 is 18.0 Å². The molecule has 6 nitrogen and oxygen atoms in total. The summed E-state index contributed by atoms with van der Waals surface area (Å²) in [5.74, 6) is -0.576. The molecule has 2 aromatic heterocycles. The molecule has 0 atom stereocenters. The fourth-order valence-electron chi connectivity index (χ4n) is 11.5. The Hall–Kier alpha value is -2.22. The Morgan fingerprint density at radius 3 is 0.984 bits per heavy atom. The first-order valence-corrected chi connectivity index (χ1v) is 26.9. The maximum Gasteiger partial charge on any atom is 0.149 e. The van der Waals surface area contributed by atoms with Gasteiger partial charge in [-0.3, -0.25) is 0 Å². The van der Waals surface area contributed by atoms with Crippen LogP contribution in [0.5, 0.6) is 0 Å². The molecule has 0 bridgehead atoms. The molecular weight excluding hydrogens is 1000 g/mol. The number of rotatable bonds is 28. The zero-order chi connectivity index (χ0) is 43.7. The minimum atomic E-state index is -0.735. The molecule has 5 aromatic rings. The number of fused-ring (bicyclic) bond motifs is 10. The van der Waals surface area contributed by atoms with Gasteiger partial charge in [0.1, 0.15) is 33.7 Å². The molecule has 2 aliphatic carbocycles. The van der Waals surface area contributed by atoms with Crippen LogP contribution < -0.4 is 0 Å².